The third-order valence-corrected chi connectivity index (χ3v) is 8.59. The van der Waals surface area contributed by atoms with E-state index < -0.39 is 0 Å². The second-order valence-corrected chi connectivity index (χ2v) is 11.2. The van der Waals surface area contributed by atoms with E-state index in [1.54, 1.807) is 0 Å². The molecule has 3 heterocycles. The molecule has 38 heavy (non-hydrogen) atoms. The number of nitrogens with zero attached hydrogens (tertiary/aromatic N) is 6. The number of anilines is 1. The lowest BCUT2D eigenvalue weighted by Gasteiger charge is -2.40. The predicted octanol–water partition coefficient (Wildman–Crippen LogP) is 4.77. The Hall–Kier alpha value is -3.52. The molecule has 0 bridgehead atoms. The number of aryl methyl sites for hydroxylation is 4. The molecule has 4 aromatic rings. The number of piperazine rings is 1. The predicted molar refractivity (Wildman–Crippen MR) is 151 cm³/mol. The van der Waals surface area contributed by atoms with Gasteiger partial charge in [0.05, 0.1) is 11.6 Å². The zero-order valence-corrected chi connectivity index (χ0v) is 22.9. The van der Waals surface area contributed by atoms with Crippen LogP contribution in [0, 0.1) is 27.7 Å². The van der Waals surface area contributed by atoms with E-state index in [9.17, 15) is 4.79 Å². The number of H-pyrrole nitrogens is 1. The molecule has 0 spiro atoms. The molecule has 0 amide bonds. The first kappa shape index (κ1) is 24.8. The number of rotatable bonds is 5. The maximum Gasteiger partial charge on any atom is 0.253 e. The highest BCUT2D eigenvalue weighted by atomic mass is 16.1. The van der Waals surface area contributed by atoms with Gasteiger partial charge in [-0.25, -0.2) is 4.68 Å². The average molecular weight is 512 g/mol. The molecule has 6 rings (SSSR count). The van der Waals surface area contributed by atoms with Crippen molar-refractivity contribution in [3.63, 3.8) is 0 Å². The first-order valence-corrected chi connectivity index (χ1v) is 13.9. The van der Waals surface area contributed by atoms with E-state index in [-0.39, 0.29) is 11.6 Å². The highest BCUT2D eigenvalue weighted by Crippen LogP contribution is 2.35. The third-order valence-electron chi connectivity index (χ3n) is 8.59. The Morgan fingerprint density at radius 1 is 0.895 bits per heavy atom. The summed E-state index contributed by atoms with van der Waals surface area (Å²) in [6.07, 6.45) is 4.55. The summed E-state index contributed by atoms with van der Waals surface area (Å²) in [6, 6.07) is 12.9. The summed E-state index contributed by atoms with van der Waals surface area (Å²) in [7, 11) is 0. The summed E-state index contributed by atoms with van der Waals surface area (Å²) < 4.78 is 2.02. The molecule has 1 aliphatic heterocycles. The summed E-state index contributed by atoms with van der Waals surface area (Å²) in [5.74, 6) is 0.784. The zero-order chi connectivity index (χ0) is 26.4. The van der Waals surface area contributed by atoms with E-state index in [1.807, 2.05) is 11.6 Å². The zero-order valence-electron chi connectivity index (χ0n) is 22.9. The summed E-state index contributed by atoms with van der Waals surface area (Å²) in [6.45, 7) is 11.9. The fourth-order valence-corrected chi connectivity index (χ4v) is 6.36. The van der Waals surface area contributed by atoms with E-state index >= 15 is 0 Å². The van der Waals surface area contributed by atoms with E-state index in [4.69, 9.17) is 0 Å². The number of hydrogen-bond donors (Lipinski definition) is 1. The van der Waals surface area contributed by atoms with Crippen LogP contribution in [0.15, 0.2) is 41.2 Å². The number of nitrogens with one attached hydrogen (secondary N) is 1. The summed E-state index contributed by atoms with van der Waals surface area (Å²) >= 11 is 0. The molecule has 1 atom stereocenters. The number of tetrazole rings is 1. The molecule has 8 heteroatoms. The molecule has 1 aliphatic carbocycles. The third kappa shape index (κ3) is 4.41. The van der Waals surface area contributed by atoms with Crippen molar-refractivity contribution in [3.8, 4) is 0 Å². The van der Waals surface area contributed by atoms with E-state index in [1.165, 1.54) is 29.7 Å². The number of fused-ring (bicyclic) bond motifs is 1. The molecule has 2 aromatic carbocycles. The summed E-state index contributed by atoms with van der Waals surface area (Å²) in [5, 5.41) is 14.2. The minimum atomic E-state index is -0.306. The number of pyridine rings is 1. The minimum absolute atomic E-state index is 0.0610. The summed E-state index contributed by atoms with van der Waals surface area (Å²) in [4.78, 5) is 21.8. The molecular formula is C30H37N7O. The molecule has 1 saturated heterocycles. The van der Waals surface area contributed by atoms with Gasteiger partial charge < -0.3 is 9.88 Å². The fourth-order valence-electron chi connectivity index (χ4n) is 6.36. The Balaban J connectivity index is 1.41. The van der Waals surface area contributed by atoms with Gasteiger partial charge in [-0.3, -0.25) is 9.69 Å². The van der Waals surface area contributed by atoms with Crippen LogP contribution in [0.5, 0.6) is 0 Å². The molecule has 0 radical (unpaired) electrons. The Bertz CT molecular complexity index is 1520. The Morgan fingerprint density at radius 3 is 2.37 bits per heavy atom. The molecule has 8 nitrogen and oxygen atoms in total. The van der Waals surface area contributed by atoms with Crippen molar-refractivity contribution in [3.05, 3.63) is 80.4 Å². The van der Waals surface area contributed by atoms with Gasteiger partial charge in [-0.05, 0) is 85.3 Å². The molecule has 1 saturated carbocycles. The number of aromatic amines is 1. The van der Waals surface area contributed by atoms with E-state index in [2.05, 4.69) is 87.5 Å². The van der Waals surface area contributed by atoms with Crippen LogP contribution in [0.3, 0.4) is 0 Å². The normalized spacial score (nSPS) is 17.9. The van der Waals surface area contributed by atoms with Crippen LogP contribution in [0.2, 0.25) is 0 Å². The van der Waals surface area contributed by atoms with Crippen LogP contribution >= 0.6 is 0 Å². The van der Waals surface area contributed by atoms with Gasteiger partial charge in [-0.15, -0.1) is 5.10 Å². The van der Waals surface area contributed by atoms with Crippen molar-refractivity contribution in [2.24, 2.45) is 0 Å². The highest BCUT2D eigenvalue weighted by molar-refractivity contribution is 5.85. The van der Waals surface area contributed by atoms with Crippen LogP contribution < -0.4 is 10.5 Å². The Morgan fingerprint density at radius 2 is 1.61 bits per heavy atom. The van der Waals surface area contributed by atoms with Crippen LogP contribution in [0.1, 0.15) is 71.4 Å². The van der Waals surface area contributed by atoms with Crippen molar-refractivity contribution in [1.82, 2.24) is 30.1 Å². The monoisotopic (exact) mass is 511 g/mol. The fraction of sp³-hybridized carbons (Fsp3) is 0.467. The van der Waals surface area contributed by atoms with Crippen LogP contribution in [0.25, 0.3) is 10.9 Å². The van der Waals surface area contributed by atoms with Gasteiger partial charge in [0.25, 0.3) is 5.56 Å². The molecule has 2 fully saturated rings. The van der Waals surface area contributed by atoms with Gasteiger partial charge in [0.2, 0.25) is 0 Å². The number of hydrogen-bond acceptors (Lipinski definition) is 6. The molecule has 2 aromatic heterocycles. The van der Waals surface area contributed by atoms with Crippen molar-refractivity contribution in [2.75, 3.05) is 31.1 Å². The topological polar surface area (TPSA) is 82.9 Å². The summed E-state index contributed by atoms with van der Waals surface area (Å²) in [5.41, 5.74) is 7.66. The lowest BCUT2D eigenvalue weighted by atomic mass is 9.98. The first-order chi connectivity index (χ1) is 18.4. The van der Waals surface area contributed by atoms with Crippen molar-refractivity contribution in [2.45, 2.75) is 65.5 Å². The highest BCUT2D eigenvalue weighted by Gasteiger charge is 2.35. The lowest BCUT2D eigenvalue weighted by molar-refractivity contribution is 0.196. The van der Waals surface area contributed by atoms with Crippen LogP contribution in [0.4, 0.5) is 5.69 Å². The second kappa shape index (κ2) is 9.98. The quantitative estimate of drug-likeness (QED) is 0.415. The van der Waals surface area contributed by atoms with Crippen molar-refractivity contribution in [1.29, 1.82) is 0 Å². The van der Waals surface area contributed by atoms with Gasteiger partial charge in [-0.2, -0.15) is 0 Å². The maximum atomic E-state index is 13.7. The van der Waals surface area contributed by atoms with Crippen LogP contribution in [-0.2, 0) is 0 Å². The minimum Gasteiger partial charge on any atom is -0.369 e. The van der Waals surface area contributed by atoms with Crippen LogP contribution in [-0.4, -0.2) is 56.3 Å². The molecule has 2 aliphatic rings. The standard InChI is InChI=1S/C30H37N7O/c1-19-9-10-21(3)26(17-19)35-13-15-36(16-14-35)28(29-32-33-34-37(29)23-7-5-6-8-23)25-18-24-20(2)11-12-22(4)27(24)31-30(25)38/h9-12,17-18,23,28H,5-8,13-16H2,1-4H3,(H,31,38). The largest absolute Gasteiger partial charge is 0.369 e. The average Bonchev–Trinajstić information content (AvgIpc) is 3.62. The van der Waals surface area contributed by atoms with Crippen molar-refractivity contribution >= 4 is 16.6 Å². The smallest absolute Gasteiger partial charge is 0.253 e. The lowest BCUT2D eigenvalue weighted by Crippen LogP contribution is -2.49. The van der Waals surface area contributed by atoms with Crippen molar-refractivity contribution < 1.29 is 0 Å². The molecule has 1 N–H and O–H groups in total. The maximum absolute atomic E-state index is 13.7. The van der Waals surface area contributed by atoms with Gasteiger partial charge in [0, 0.05) is 42.8 Å². The van der Waals surface area contributed by atoms with E-state index in [0.717, 1.165) is 72.4 Å². The Labute approximate surface area is 223 Å². The number of benzene rings is 2. The Kier molecular flexibility index (Phi) is 6.51. The SMILES string of the molecule is Cc1ccc(C)c(N2CCN(C(c3cc4c(C)ccc(C)c4[nH]c3=O)c3nnnn3C3CCCC3)CC2)c1. The van der Waals surface area contributed by atoms with Gasteiger partial charge in [-0.1, -0.05) is 37.1 Å². The van der Waals surface area contributed by atoms with Gasteiger partial charge >= 0.3 is 0 Å². The molecular weight excluding hydrogens is 474 g/mol. The van der Waals surface area contributed by atoms with Gasteiger partial charge in [0.15, 0.2) is 5.82 Å². The molecule has 198 valence electrons. The van der Waals surface area contributed by atoms with Gasteiger partial charge in [0.1, 0.15) is 6.04 Å². The molecule has 1 unspecified atom stereocenters. The number of aromatic nitrogens is 5. The first-order valence-electron chi connectivity index (χ1n) is 13.9. The van der Waals surface area contributed by atoms with E-state index in [0.29, 0.717) is 6.04 Å². The second-order valence-electron chi connectivity index (χ2n) is 11.2.